The van der Waals surface area contributed by atoms with E-state index in [1.807, 2.05) is 30.3 Å². The van der Waals surface area contributed by atoms with Crippen LogP contribution in [0.3, 0.4) is 0 Å². The summed E-state index contributed by atoms with van der Waals surface area (Å²) in [7, 11) is 0. The topological polar surface area (TPSA) is 52.9 Å². The SMILES string of the molecule is N#Cc1cc(F)ccc1NC(=O)C1Cc2ccccc21. The highest BCUT2D eigenvalue weighted by Crippen LogP contribution is 2.35. The molecule has 0 bridgehead atoms. The van der Waals surface area contributed by atoms with E-state index in [1.165, 1.54) is 17.7 Å². The fourth-order valence-electron chi connectivity index (χ4n) is 2.43. The number of anilines is 1. The van der Waals surface area contributed by atoms with E-state index < -0.39 is 5.82 Å². The number of amides is 1. The summed E-state index contributed by atoms with van der Waals surface area (Å²) in [4.78, 5) is 12.2. The molecule has 1 unspecified atom stereocenters. The molecule has 3 rings (SSSR count). The van der Waals surface area contributed by atoms with Gasteiger partial charge in [-0.2, -0.15) is 5.26 Å². The van der Waals surface area contributed by atoms with E-state index in [0.29, 0.717) is 12.1 Å². The monoisotopic (exact) mass is 266 g/mol. The first-order valence-corrected chi connectivity index (χ1v) is 6.27. The van der Waals surface area contributed by atoms with Crippen molar-refractivity contribution in [2.24, 2.45) is 0 Å². The van der Waals surface area contributed by atoms with Crippen molar-refractivity contribution in [1.82, 2.24) is 0 Å². The number of carbonyl (C=O) groups is 1. The van der Waals surface area contributed by atoms with Gasteiger partial charge in [-0.1, -0.05) is 24.3 Å². The van der Waals surface area contributed by atoms with Gasteiger partial charge in [-0.25, -0.2) is 4.39 Å². The van der Waals surface area contributed by atoms with Crippen molar-refractivity contribution in [2.45, 2.75) is 12.3 Å². The fraction of sp³-hybridized carbons (Fsp3) is 0.125. The second-order valence-corrected chi connectivity index (χ2v) is 4.75. The number of benzene rings is 2. The van der Waals surface area contributed by atoms with E-state index in [1.54, 1.807) is 0 Å². The van der Waals surface area contributed by atoms with Crippen LogP contribution in [0.5, 0.6) is 0 Å². The Morgan fingerprint density at radius 3 is 2.85 bits per heavy atom. The zero-order chi connectivity index (χ0) is 14.1. The largest absolute Gasteiger partial charge is 0.324 e. The van der Waals surface area contributed by atoms with E-state index in [2.05, 4.69) is 5.32 Å². The number of nitrogens with one attached hydrogen (secondary N) is 1. The van der Waals surface area contributed by atoms with Crippen LogP contribution in [0.2, 0.25) is 0 Å². The molecular formula is C16H11FN2O. The third kappa shape index (κ3) is 2.04. The van der Waals surface area contributed by atoms with Crippen LogP contribution >= 0.6 is 0 Å². The second kappa shape index (κ2) is 4.78. The molecule has 98 valence electrons. The Morgan fingerprint density at radius 1 is 1.30 bits per heavy atom. The van der Waals surface area contributed by atoms with Gasteiger partial charge in [-0.15, -0.1) is 0 Å². The van der Waals surface area contributed by atoms with Gasteiger partial charge >= 0.3 is 0 Å². The molecule has 1 aliphatic rings. The summed E-state index contributed by atoms with van der Waals surface area (Å²) in [5.74, 6) is -0.844. The molecule has 0 saturated carbocycles. The lowest BCUT2D eigenvalue weighted by molar-refractivity contribution is -0.118. The predicted octanol–water partition coefficient (Wildman–Crippen LogP) is 2.98. The van der Waals surface area contributed by atoms with Crippen LogP contribution in [0.4, 0.5) is 10.1 Å². The number of nitriles is 1. The summed E-state index contributed by atoms with van der Waals surface area (Å²) in [6.45, 7) is 0. The van der Waals surface area contributed by atoms with Crippen molar-refractivity contribution in [1.29, 1.82) is 5.26 Å². The van der Waals surface area contributed by atoms with Gasteiger partial charge in [0.15, 0.2) is 0 Å². The predicted molar refractivity (Wildman–Crippen MR) is 72.6 cm³/mol. The third-order valence-electron chi connectivity index (χ3n) is 3.53. The van der Waals surface area contributed by atoms with Crippen LogP contribution in [0.1, 0.15) is 22.6 Å². The number of carbonyl (C=O) groups excluding carboxylic acids is 1. The van der Waals surface area contributed by atoms with Crippen molar-refractivity contribution >= 4 is 11.6 Å². The first kappa shape index (κ1) is 12.4. The highest BCUT2D eigenvalue weighted by Gasteiger charge is 2.31. The number of halogens is 1. The Morgan fingerprint density at radius 2 is 2.10 bits per heavy atom. The Labute approximate surface area is 115 Å². The molecule has 0 aliphatic heterocycles. The molecule has 0 radical (unpaired) electrons. The van der Waals surface area contributed by atoms with Crippen molar-refractivity contribution in [2.75, 3.05) is 5.32 Å². The first-order chi connectivity index (χ1) is 9.69. The van der Waals surface area contributed by atoms with E-state index in [-0.39, 0.29) is 17.4 Å². The molecule has 2 aromatic carbocycles. The number of hydrogen-bond acceptors (Lipinski definition) is 2. The number of fused-ring (bicyclic) bond motifs is 1. The molecule has 0 fully saturated rings. The Hall–Kier alpha value is -2.67. The molecule has 1 N–H and O–H groups in total. The molecule has 20 heavy (non-hydrogen) atoms. The Balaban J connectivity index is 1.80. The molecule has 0 aromatic heterocycles. The Kier molecular flexibility index (Phi) is 2.96. The highest BCUT2D eigenvalue weighted by atomic mass is 19.1. The molecule has 1 aliphatic carbocycles. The first-order valence-electron chi connectivity index (χ1n) is 6.27. The van der Waals surface area contributed by atoms with Crippen LogP contribution in [0.25, 0.3) is 0 Å². The summed E-state index contributed by atoms with van der Waals surface area (Å²) in [6.07, 6.45) is 0.699. The average Bonchev–Trinajstić information content (AvgIpc) is 2.42. The maximum Gasteiger partial charge on any atom is 0.232 e. The summed E-state index contributed by atoms with van der Waals surface area (Å²) >= 11 is 0. The highest BCUT2D eigenvalue weighted by molar-refractivity contribution is 5.98. The lowest BCUT2D eigenvalue weighted by atomic mass is 9.77. The molecule has 4 heteroatoms. The van der Waals surface area contributed by atoms with Crippen molar-refractivity contribution in [3.63, 3.8) is 0 Å². The van der Waals surface area contributed by atoms with Gasteiger partial charge in [0.1, 0.15) is 11.9 Å². The van der Waals surface area contributed by atoms with E-state index in [0.717, 1.165) is 11.6 Å². The van der Waals surface area contributed by atoms with E-state index in [4.69, 9.17) is 5.26 Å². The van der Waals surface area contributed by atoms with Gasteiger partial charge in [0.05, 0.1) is 17.2 Å². The molecule has 1 atom stereocenters. The molecule has 1 amide bonds. The fourth-order valence-corrected chi connectivity index (χ4v) is 2.43. The van der Waals surface area contributed by atoms with Gasteiger partial charge < -0.3 is 5.32 Å². The van der Waals surface area contributed by atoms with Crippen molar-refractivity contribution in [3.8, 4) is 6.07 Å². The minimum atomic E-state index is -0.492. The van der Waals surface area contributed by atoms with Crippen LogP contribution in [0.15, 0.2) is 42.5 Å². The normalized spacial score (nSPS) is 15.7. The molecule has 0 heterocycles. The van der Waals surface area contributed by atoms with Crippen LogP contribution < -0.4 is 5.32 Å². The maximum absolute atomic E-state index is 13.0. The molecular weight excluding hydrogens is 255 g/mol. The molecule has 0 saturated heterocycles. The van der Waals surface area contributed by atoms with Gasteiger partial charge in [0.25, 0.3) is 0 Å². The van der Waals surface area contributed by atoms with Crippen LogP contribution in [-0.4, -0.2) is 5.91 Å². The molecule has 0 spiro atoms. The van der Waals surface area contributed by atoms with Crippen LogP contribution in [-0.2, 0) is 11.2 Å². The maximum atomic E-state index is 13.0. The quantitative estimate of drug-likeness (QED) is 0.908. The van der Waals surface area contributed by atoms with Gasteiger partial charge in [-0.3, -0.25) is 4.79 Å². The minimum absolute atomic E-state index is 0.131. The average molecular weight is 266 g/mol. The van der Waals surface area contributed by atoms with Crippen molar-refractivity contribution < 1.29 is 9.18 Å². The van der Waals surface area contributed by atoms with E-state index >= 15 is 0 Å². The standard InChI is InChI=1S/C16H11FN2O/c17-12-5-6-15(11(7-12)9-18)19-16(20)14-8-10-3-1-2-4-13(10)14/h1-7,14H,8H2,(H,19,20). The smallest absolute Gasteiger partial charge is 0.232 e. The van der Waals surface area contributed by atoms with Gasteiger partial charge in [-0.05, 0) is 35.7 Å². The van der Waals surface area contributed by atoms with Crippen LogP contribution in [0, 0.1) is 17.1 Å². The van der Waals surface area contributed by atoms with Gasteiger partial charge in [0.2, 0.25) is 5.91 Å². The number of nitrogens with zero attached hydrogens (tertiary/aromatic N) is 1. The van der Waals surface area contributed by atoms with Crippen molar-refractivity contribution in [3.05, 3.63) is 65.0 Å². The zero-order valence-corrected chi connectivity index (χ0v) is 10.6. The summed E-state index contributed by atoms with van der Waals surface area (Å²) in [6, 6.07) is 13.4. The molecule has 2 aromatic rings. The van der Waals surface area contributed by atoms with Gasteiger partial charge in [0, 0.05) is 0 Å². The Bertz CT molecular complexity index is 733. The summed E-state index contributed by atoms with van der Waals surface area (Å²) in [5, 5.41) is 11.7. The molecule has 3 nitrogen and oxygen atoms in total. The summed E-state index contributed by atoms with van der Waals surface area (Å²) < 4.78 is 13.0. The lowest BCUT2D eigenvalue weighted by Gasteiger charge is -2.28. The summed E-state index contributed by atoms with van der Waals surface area (Å²) in [5.41, 5.74) is 2.67. The van der Waals surface area contributed by atoms with E-state index in [9.17, 15) is 9.18 Å². The number of hydrogen-bond donors (Lipinski definition) is 1. The second-order valence-electron chi connectivity index (χ2n) is 4.75. The third-order valence-corrected chi connectivity index (χ3v) is 3.53. The lowest BCUT2D eigenvalue weighted by Crippen LogP contribution is -2.30. The zero-order valence-electron chi connectivity index (χ0n) is 10.6. The minimum Gasteiger partial charge on any atom is -0.324 e. The number of rotatable bonds is 2.